The molecule has 0 bridgehead atoms. The Morgan fingerprint density at radius 3 is 2.46 bits per heavy atom. The number of carbonyl (C=O) groups excluding carboxylic acids is 1. The van der Waals surface area contributed by atoms with Crippen molar-refractivity contribution in [3.63, 3.8) is 0 Å². The van der Waals surface area contributed by atoms with Gasteiger partial charge in [0.15, 0.2) is 0 Å². The Morgan fingerprint density at radius 1 is 1.04 bits per heavy atom. The fraction of sp³-hybridized carbons (Fsp3) is 0.450. The Kier molecular flexibility index (Phi) is 4.49. The molecule has 6 heteroatoms. The lowest BCUT2D eigenvalue weighted by Crippen LogP contribution is -2.32. The Bertz CT molecular complexity index is 796. The molecule has 26 heavy (non-hydrogen) atoms. The molecule has 0 radical (unpaired) electrons. The van der Waals surface area contributed by atoms with Crippen LogP contribution in [0.25, 0.3) is 0 Å². The predicted octanol–water partition coefficient (Wildman–Crippen LogP) is 2.94. The Labute approximate surface area is 152 Å². The molecule has 4 rings (SSSR count). The van der Waals surface area contributed by atoms with Crippen molar-refractivity contribution in [3.8, 4) is 0 Å². The van der Waals surface area contributed by atoms with Crippen molar-refractivity contribution in [1.82, 2.24) is 14.7 Å². The maximum absolute atomic E-state index is 13.1. The van der Waals surface area contributed by atoms with Crippen LogP contribution in [0.1, 0.15) is 53.7 Å². The Balaban J connectivity index is 1.58. The lowest BCUT2D eigenvalue weighted by Gasteiger charge is -2.19. The number of aromatic nitrogens is 2. The third kappa shape index (κ3) is 3.00. The molecular formula is C20H23N3O3. The van der Waals surface area contributed by atoms with E-state index in [4.69, 9.17) is 0 Å². The molecule has 2 heterocycles. The summed E-state index contributed by atoms with van der Waals surface area (Å²) < 4.78 is 1.85. The second-order valence-corrected chi connectivity index (χ2v) is 7.27. The molecule has 1 aromatic carbocycles. The van der Waals surface area contributed by atoms with Gasteiger partial charge in [-0.3, -0.25) is 14.3 Å². The number of hydrogen-bond acceptors (Lipinski definition) is 3. The zero-order valence-electron chi connectivity index (χ0n) is 14.6. The molecule has 1 saturated heterocycles. The van der Waals surface area contributed by atoms with E-state index in [0.29, 0.717) is 12.2 Å². The summed E-state index contributed by atoms with van der Waals surface area (Å²) in [5.74, 6) is -1.72. The van der Waals surface area contributed by atoms with Gasteiger partial charge >= 0.3 is 5.97 Å². The number of amides is 1. The normalized spacial score (nSPS) is 23.5. The van der Waals surface area contributed by atoms with Gasteiger partial charge in [0, 0.05) is 25.2 Å². The molecule has 2 fully saturated rings. The van der Waals surface area contributed by atoms with E-state index in [0.717, 1.165) is 18.4 Å². The third-order valence-electron chi connectivity index (χ3n) is 5.71. The molecule has 2 unspecified atom stereocenters. The van der Waals surface area contributed by atoms with Gasteiger partial charge in [0.1, 0.15) is 5.69 Å². The second kappa shape index (κ2) is 6.94. The molecule has 1 aliphatic heterocycles. The highest BCUT2D eigenvalue weighted by atomic mass is 16.4. The van der Waals surface area contributed by atoms with Crippen molar-refractivity contribution in [2.24, 2.45) is 5.92 Å². The van der Waals surface area contributed by atoms with Crippen LogP contribution >= 0.6 is 0 Å². The summed E-state index contributed by atoms with van der Waals surface area (Å²) in [4.78, 5) is 26.5. The Hall–Kier alpha value is -2.63. The number of likely N-dealkylation sites (tertiary alicyclic amines) is 1. The first-order valence-electron chi connectivity index (χ1n) is 9.25. The summed E-state index contributed by atoms with van der Waals surface area (Å²) in [6.07, 6.45) is 6.10. The van der Waals surface area contributed by atoms with Gasteiger partial charge in [0.05, 0.1) is 12.0 Å². The van der Waals surface area contributed by atoms with E-state index in [2.05, 4.69) is 5.10 Å². The lowest BCUT2D eigenvalue weighted by molar-refractivity contribution is -0.141. The van der Waals surface area contributed by atoms with E-state index in [1.54, 1.807) is 17.2 Å². The smallest absolute Gasteiger partial charge is 0.308 e. The van der Waals surface area contributed by atoms with Gasteiger partial charge in [0.2, 0.25) is 0 Å². The molecule has 1 aromatic heterocycles. The zero-order valence-corrected chi connectivity index (χ0v) is 14.6. The number of nitrogens with zero attached hydrogens (tertiary/aromatic N) is 3. The largest absolute Gasteiger partial charge is 0.481 e. The first-order chi connectivity index (χ1) is 12.6. The lowest BCUT2D eigenvalue weighted by atomic mass is 9.89. The van der Waals surface area contributed by atoms with Crippen LogP contribution in [0.5, 0.6) is 0 Å². The highest BCUT2D eigenvalue weighted by Crippen LogP contribution is 2.35. The van der Waals surface area contributed by atoms with Crippen LogP contribution in [0.2, 0.25) is 0 Å². The summed E-state index contributed by atoms with van der Waals surface area (Å²) in [5.41, 5.74) is 1.55. The van der Waals surface area contributed by atoms with E-state index in [1.807, 2.05) is 35.0 Å². The fourth-order valence-electron chi connectivity index (χ4n) is 4.34. The van der Waals surface area contributed by atoms with Crippen molar-refractivity contribution >= 4 is 11.9 Å². The van der Waals surface area contributed by atoms with Crippen LogP contribution < -0.4 is 0 Å². The minimum absolute atomic E-state index is 0.112. The number of carbonyl (C=O) groups is 2. The van der Waals surface area contributed by atoms with Gasteiger partial charge in [-0.25, -0.2) is 0 Å². The molecule has 1 amide bonds. The van der Waals surface area contributed by atoms with E-state index in [1.165, 1.54) is 12.8 Å². The maximum atomic E-state index is 13.1. The van der Waals surface area contributed by atoms with Crippen molar-refractivity contribution < 1.29 is 14.7 Å². The first kappa shape index (κ1) is 16.8. The molecule has 136 valence electrons. The minimum Gasteiger partial charge on any atom is -0.481 e. The summed E-state index contributed by atoms with van der Waals surface area (Å²) in [7, 11) is 0. The quantitative estimate of drug-likeness (QED) is 0.917. The van der Waals surface area contributed by atoms with Crippen LogP contribution in [0.4, 0.5) is 0 Å². The summed E-state index contributed by atoms with van der Waals surface area (Å²) in [6.45, 7) is 0.666. The van der Waals surface area contributed by atoms with Crippen molar-refractivity contribution in [2.75, 3.05) is 13.1 Å². The number of carboxylic acid groups (broad SMARTS) is 1. The van der Waals surface area contributed by atoms with Gasteiger partial charge in [-0.05, 0) is 24.5 Å². The molecule has 6 nitrogen and oxygen atoms in total. The van der Waals surface area contributed by atoms with Gasteiger partial charge in [-0.2, -0.15) is 5.10 Å². The molecule has 2 aliphatic rings. The van der Waals surface area contributed by atoms with E-state index in [-0.39, 0.29) is 24.4 Å². The van der Waals surface area contributed by atoms with Crippen molar-refractivity contribution in [1.29, 1.82) is 0 Å². The fourth-order valence-corrected chi connectivity index (χ4v) is 4.34. The van der Waals surface area contributed by atoms with Gasteiger partial charge < -0.3 is 10.0 Å². The van der Waals surface area contributed by atoms with Gasteiger partial charge in [-0.15, -0.1) is 0 Å². The predicted molar refractivity (Wildman–Crippen MR) is 95.9 cm³/mol. The molecule has 2 aromatic rings. The molecule has 1 N–H and O–H groups in total. The number of benzene rings is 1. The van der Waals surface area contributed by atoms with Crippen LogP contribution in [-0.4, -0.2) is 44.8 Å². The monoisotopic (exact) mass is 353 g/mol. The topological polar surface area (TPSA) is 75.4 Å². The molecule has 1 saturated carbocycles. The van der Waals surface area contributed by atoms with Crippen molar-refractivity contribution in [2.45, 2.75) is 37.6 Å². The van der Waals surface area contributed by atoms with Gasteiger partial charge in [-0.1, -0.05) is 43.2 Å². The molecule has 0 spiro atoms. The summed E-state index contributed by atoms with van der Waals surface area (Å²) in [5, 5.41) is 14.0. The number of rotatable bonds is 4. The average Bonchev–Trinajstić information content (AvgIpc) is 3.41. The third-order valence-corrected chi connectivity index (χ3v) is 5.71. The molecule has 1 aliphatic carbocycles. The van der Waals surface area contributed by atoms with E-state index < -0.39 is 11.9 Å². The molecular weight excluding hydrogens is 330 g/mol. The van der Waals surface area contributed by atoms with Crippen LogP contribution in [0.3, 0.4) is 0 Å². The first-order valence-corrected chi connectivity index (χ1v) is 9.25. The summed E-state index contributed by atoms with van der Waals surface area (Å²) in [6, 6.07) is 11.7. The van der Waals surface area contributed by atoms with Gasteiger partial charge in [0.25, 0.3) is 5.91 Å². The average molecular weight is 353 g/mol. The zero-order chi connectivity index (χ0) is 18.1. The van der Waals surface area contributed by atoms with E-state index >= 15 is 0 Å². The number of carboxylic acids is 1. The van der Waals surface area contributed by atoms with Crippen LogP contribution in [-0.2, 0) is 4.79 Å². The minimum atomic E-state index is -0.849. The number of aliphatic carboxylic acids is 1. The Morgan fingerprint density at radius 2 is 1.77 bits per heavy atom. The molecule has 2 atom stereocenters. The van der Waals surface area contributed by atoms with Crippen molar-refractivity contribution in [3.05, 3.63) is 53.9 Å². The summed E-state index contributed by atoms with van der Waals surface area (Å²) >= 11 is 0. The maximum Gasteiger partial charge on any atom is 0.308 e. The van der Waals surface area contributed by atoms with Crippen LogP contribution in [0.15, 0.2) is 42.6 Å². The SMILES string of the molecule is O=C(O)C1CN(C(=O)c2ccnn2C2CCCC2)CC1c1ccccc1. The highest BCUT2D eigenvalue weighted by Gasteiger charge is 2.41. The highest BCUT2D eigenvalue weighted by molar-refractivity contribution is 5.93. The van der Waals surface area contributed by atoms with E-state index in [9.17, 15) is 14.7 Å². The standard InChI is InChI=1S/C20H23N3O3/c24-19(18-10-11-21-23(18)15-8-4-5-9-15)22-12-16(17(13-22)20(25)26)14-6-2-1-3-7-14/h1-3,6-7,10-11,15-17H,4-5,8-9,12-13H2,(H,25,26). The number of hydrogen-bond donors (Lipinski definition) is 1. The van der Waals surface area contributed by atoms with Crippen LogP contribution in [0, 0.1) is 5.92 Å². The second-order valence-electron chi connectivity index (χ2n) is 7.27.